The van der Waals surface area contributed by atoms with Crippen molar-refractivity contribution < 1.29 is 0 Å². The Morgan fingerprint density at radius 2 is 1.93 bits per heavy atom. The van der Waals surface area contributed by atoms with Gasteiger partial charge in [0.05, 0.1) is 13.1 Å². The van der Waals surface area contributed by atoms with Gasteiger partial charge in [-0.25, -0.2) is 15.0 Å². The molecule has 0 aromatic carbocycles. The van der Waals surface area contributed by atoms with Crippen LogP contribution in [0.1, 0.15) is 11.6 Å². The third-order valence-corrected chi connectivity index (χ3v) is 1.92. The lowest BCUT2D eigenvalue weighted by Gasteiger charge is -2.03. The highest BCUT2D eigenvalue weighted by atomic mass is 15.1. The molecular weight excluding hydrogens is 178 g/mol. The topological polar surface area (TPSA) is 69.6 Å². The smallest absolute Gasteiger partial charge is 0.147 e. The fraction of sp³-hybridized carbons (Fsp3) is 0.222. The molecule has 5 nitrogen and oxygen atoms in total. The van der Waals surface area contributed by atoms with Crippen molar-refractivity contribution in [1.82, 2.24) is 19.5 Å². The molecule has 14 heavy (non-hydrogen) atoms. The third kappa shape index (κ3) is 1.77. The summed E-state index contributed by atoms with van der Waals surface area (Å²) >= 11 is 0. The first-order chi connectivity index (χ1) is 6.90. The van der Waals surface area contributed by atoms with Gasteiger partial charge in [0, 0.05) is 24.8 Å². The maximum atomic E-state index is 5.52. The number of hydrogen-bond donors (Lipinski definition) is 1. The summed E-state index contributed by atoms with van der Waals surface area (Å²) in [5.74, 6) is 1.61. The molecule has 2 aromatic rings. The van der Waals surface area contributed by atoms with Crippen LogP contribution >= 0.6 is 0 Å². The zero-order valence-electron chi connectivity index (χ0n) is 7.67. The molecule has 72 valence electrons. The number of imidazole rings is 1. The Bertz CT molecular complexity index is 395. The maximum absolute atomic E-state index is 5.52. The average Bonchev–Trinajstić information content (AvgIpc) is 2.67. The maximum Gasteiger partial charge on any atom is 0.147 e. The minimum Gasteiger partial charge on any atom is -0.326 e. The van der Waals surface area contributed by atoms with Crippen molar-refractivity contribution in [3.05, 3.63) is 42.5 Å². The van der Waals surface area contributed by atoms with Crippen LogP contribution in [0.5, 0.6) is 0 Å². The Kier molecular flexibility index (Phi) is 2.51. The molecule has 0 radical (unpaired) electrons. The van der Waals surface area contributed by atoms with E-state index in [-0.39, 0.29) is 0 Å². The van der Waals surface area contributed by atoms with Gasteiger partial charge in [0.2, 0.25) is 0 Å². The van der Waals surface area contributed by atoms with E-state index in [1.165, 1.54) is 0 Å². The van der Waals surface area contributed by atoms with Crippen LogP contribution in [0, 0.1) is 0 Å². The van der Waals surface area contributed by atoms with Crippen molar-refractivity contribution >= 4 is 0 Å². The summed E-state index contributed by atoms with van der Waals surface area (Å²) in [6.07, 6.45) is 7.05. The molecule has 5 heteroatoms. The van der Waals surface area contributed by atoms with E-state index in [2.05, 4.69) is 15.0 Å². The Balaban J connectivity index is 2.19. The molecule has 2 aromatic heterocycles. The number of nitrogens with two attached hydrogens (primary N) is 1. The van der Waals surface area contributed by atoms with Gasteiger partial charge in [-0.3, -0.25) is 0 Å². The molecule has 0 bridgehead atoms. The zero-order chi connectivity index (χ0) is 9.80. The molecule has 0 atom stereocenters. The largest absolute Gasteiger partial charge is 0.326 e. The van der Waals surface area contributed by atoms with Gasteiger partial charge in [0.1, 0.15) is 11.6 Å². The highest BCUT2D eigenvalue weighted by Gasteiger charge is 2.01. The van der Waals surface area contributed by atoms with Gasteiger partial charge in [0.15, 0.2) is 0 Å². The Morgan fingerprint density at radius 1 is 1.14 bits per heavy atom. The lowest BCUT2D eigenvalue weighted by atomic mass is 10.5. The predicted octanol–water partition coefficient (Wildman–Crippen LogP) is 0.180. The molecule has 0 unspecified atom stereocenters. The SMILES string of the molecule is NCc1nccn1Cc1ncccn1. The second-order valence-electron chi connectivity index (χ2n) is 2.84. The van der Waals surface area contributed by atoms with Crippen LogP contribution in [-0.2, 0) is 13.1 Å². The van der Waals surface area contributed by atoms with Crippen molar-refractivity contribution in [2.75, 3.05) is 0 Å². The third-order valence-electron chi connectivity index (χ3n) is 1.92. The highest BCUT2D eigenvalue weighted by Crippen LogP contribution is 1.99. The molecular formula is C9H11N5. The Hall–Kier alpha value is -1.75. The first-order valence-corrected chi connectivity index (χ1v) is 4.36. The molecule has 0 aliphatic rings. The second kappa shape index (κ2) is 3.97. The standard InChI is InChI=1S/C9H11N5/c10-6-9-13-4-5-14(9)7-8-11-2-1-3-12-8/h1-5H,6-7,10H2. The van der Waals surface area contributed by atoms with Crippen molar-refractivity contribution in [3.63, 3.8) is 0 Å². The molecule has 0 aliphatic heterocycles. The number of rotatable bonds is 3. The van der Waals surface area contributed by atoms with E-state index in [1.54, 1.807) is 24.7 Å². The van der Waals surface area contributed by atoms with Crippen LogP contribution in [0.2, 0.25) is 0 Å². The molecule has 0 fully saturated rings. The molecule has 0 saturated carbocycles. The van der Waals surface area contributed by atoms with Crippen LogP contribution in [0.15, 0.2) is 30.9 Å². The number of aromatic nitrogens is 4. The average molecular weight is 189 g/mol. The fourth-order valence-electron chi connectivity index (χ4n) is 1.24. The summed E-state index contributed by atoms with van der Waals surface area (Å²) < 4.78 is 1.94. The fourth-order valence-corrected chi connectivity index (χ4v) is 1.24. The molecule has 2 rings (SSSR count). The summed E-state index contributed by atoms with van der Waals surface area (Å²) in [6, 6.07) is 1.79. The van der Waals surface area contributed by atoms with Crippen LogP contribution in [-0.4, -0.2) is 19.5 Å². The van der Waals surface area contributed by atoms with Gasteiger partial charge in [-0.15, -0.1) is 0 Å². The van der Waals surface area contributed by atoms with E-state index in [0.29, 0.717) is 13.1 Å². The van der Waals surface area contributed by atoms with Gasteiger partial charge in [-0.2, -0.15) is 0 Å². The highest BCUT2D eigenvalue weighted by molar-refractivity contribution is 4.97. The summed E-state index contributed by atoms with van der Waals surface area (Å²) in [7, 11) is 0. The zero-order valence-corrected chi connectivity index (χ0v) is 7.67. The molecule has 2 heterocycles. The normalized spacial score (nSPS) is 10.4. The lowest BCUT2D eigenvalue weighted by Crippen LogP contribution is -2.10. The van der Waals surface area contributed by atoms with E-state index >= 15 is 0 Å². The molecule has 0 aliphatic carbocycles. The van der Waals surface area contributed by atoms with Crippen LogP contribution in [0.25, 0.3) is 0 Å². The van der Waals surface area contributed by atoms with Gasteiger partial charge < -0.3 is 10.3 Å². The van der Waals surface area contributed by atoms with Crippen LogP contribution in [0.3, 0.4) is 0 Å². The summed E-state index contributed by atoms with van der Waals surface area (Å²) in [5.41, 5.74) is 5.52. The van der Waals surface area contributed by atoms with Gasteiger partial charge in [-0.1, -0.05) is 0 Å². The number of hydrogen-bond acceptors (Lipinski definition) is 4. The molecule has 2 N–H and O–H groups in total. The number of nitrogens with zero attached hydrogens (tertiary/aromatic N) is 4. The molecule has 0 spiro atoms. The molecule has 0 saturated heterocycles. The van der Waals surface area contributed by atoms with E-state index < -0.39 is 0 Å². The first kappa shape index (κ1) is 8.83. The summed E-state index contributed by atoms with van der Waals surface area (Å²) in [5, 5.41) is 0. The van der Waals surface area contributed by atoms with Crippen molar-refractivity contribution in [2.24, 2.45) is 5.73 Å². The van der Waals surface area contributed by atoms with Crippen LogP contribution < -0.4 is 5.73 Å². The van der Waals surface area contributed by atoms with Crippen molar-refractivity contribution in [3.8, 4) is 0 Å². The van der Waals surface area contributed by atoms with Crippen molar-refractivity contribution in [1.29, 1.82) is 0 Å². The Morgan fingerprint density at radius 3 is 2.64 bits per heavy atom. The lowest BCUT2D eigenvalue weighted by molar-refractivity contribution is 0.690. The van der Waals surface area contributed by atoms with Gasteiger partial charge >= 0.3 is 0 Å². The predicted molar refractivity (Wildman–Crippen MR) is 51.3 cm³/mol. The van der Waals surface area contributed by atoms with E-state index in [4.69, 9.17) is 5.73 Å². The second-order valence-corrected chi connectivity index (χ2v) is 2.84. The van der Waals surface area contributed by atoms with E-state index in [9.17, 15) is 0 Å². The monoisotopic (exact) mass is 189 g/mol. The Labute approximate surface area is 81.6 Å². The van der Waals surface area contributed by atoms with Gasteiger partial charge in [0.25, 0.3) is 0 Å². The first-order valence-electron chi connectivity index (χ1n) is 4.36. The summed E-state index contributed by atoms with van der Waals surface area (Å²) in [6.45, 7) is 1.05. The van der Waals surface area contributed by atoms with E-state index in [1.807, 2.05) is 10.8 Å². The minimum absolute atomic E-state index is 0.430. The summed E-state index contributed by atoms with van der Waals surface area (Å²) in [4.78, 5) is 12.4. The van der Waals surface area contributed by atoms with Crippen molar-refractivity contribution in [2.45, 2.75) is 13.1 Å². The van der Waals surface area contributed by atoms with Gasteiger partial charge in [-0.05, 0) is 6.07 Å². The molecule has 0 amide bonds. The van der Waals surface area contributed by atoms with E-state index in [0.717, 1.165) is 11.6 Å². The van der Waals surface area contributed by atoms with Crippen LogP contribution in [0.4, 0.5) is 0 Å². The minimum atomic E-state index is 0.430. The quantitative estimate of drug-likeness (QED) is 0.747.